The Balaban J connectivity index is 1.46. The molecule has 1 fully saturated rings. The van der Waals surface area contributed by atoms with Crippen LogP contribution in [0.5, 0.6) is 0 Å². The van der Waals surface area contributed by atoms with E-state index >= 15 is 0 Å². The first-order valence-electron chi connectivity index (χ1n) is 7.32. The molecule has 0 heterocycles. The standard InChI is InChI=1S/C16H25NO/c1-3-8-15(9-4-1)14-18-13-7-12-17-16-10-5-2-6-11-16/h2,5-6,10-11,15,17H,1,3-4,7-9,12-14H2. The van der Waals surface area contributed by atoms with Crippen LogP contribution in [0.4, 0.5) is 5.69 Å². The summed E-state index contributed by atoms with van der Waals surface area (Å²) < 4.78 is 5.77. The smallest absolute Gasteiger partial charge is 0.0494 e. The van der Waals surface area contributed by atoms with Crippen molar-refractivity contribution in [1.29, 1.82) is 0 Å². The molecule has 18 heavy (non-hydrogen) atoms. The minimum absolute atomic E-state index is 0.834. The zero-order valence-electron chi connectivity index (χ0n) is 11.2. The SMILES string of the molecule is c1ccc(NCCCOCC2CCCCC2)cc1. The van der Waals surface area contributed by atoms with Crippen LogP contribution < -0.4 is 5.32 Å². The van der Waals surface area contributed by atoms with E-state index in [4.69, 9.17) is 4.74 Å². The van der Waals surface area contributed by atoms with Crippen LogP contribution in [0.3, 0.4) is 0 Å². The molecule has 0 atom stereocenters. The summed E-state index contributed by atoms with van der Waals surface area (Å²) in [7, 11) is 0. The quantitative estimate of drug-likeness (QED) is 0.733. The van der Waals surface area contributed by atoms with Crippen LogP contribution in [-0.4, -0.2) is 19.8 Å². The van der Waals surface area contributed by atoms with Gasteiger partial charge in [0.25, 0.3) is 0 Å². The minimum Gasteiger partial charge on any atom is -0.385 e. The maximum Gasteiger partial charge on any atom is 0.0494 e. The predicted octanol–water partition coefficient (Wildman–Crippen LogP) is 4.09. The van der Waals surface area contributed by atoms with Gasteiger partial charge in [-0.25, -0.2) is 0 Å². The van der Waals surface area contributed by atoms with Crippen LogP contribution in [-0.2, 0) is 4.74 Å². The Bertz CT molecular complexity index is 306. The van der Waals surface area contributed by atoms with E-state index in [1.165, 1.54) is 37.8 Å². The molecule has 0 radical (unpaired) electrons. The fourth-order valence-electron chi connectivity index (χ4n) is 2.57. The fraction of sp³-hybridized carbons (Fsp3) is 0.625. The lowest BCUT2D eigenvalue weighted by molar-refractivity contribution is 0.0851. The van der Waals surface area contributed by atoms with E-state index in [2.05, 4.69) is 29.6 Å². The first kappa shape index (κ1) is 13.4. The number of benzene rings is 1. The lowest BCUT2D eigenvalue weighted by Gasteiger charge is -2.21. The molecular formula is C16H25NO. The van der Waals surface area contributed by atoms with Crippen molar-refractivity contribution in [2.24, 2.45) is 5.92 Å². The van der Waals surface area contributed by atoms with E-state index in [0.717, 1.165) is 32.1 Å². The van der Waals surface area contributed by atoms with Gasteiger partial charge >= 0.3 is 0 Å². The van der Waals surface area contributed by atoms with Crippen molar-refractivity contribution >= 4 is 5.69 Å². The molecule has 0 bridgehead atoms. The zero-order chi connectivity index (χ0) is 12.5. The van der Waals surface area contributed by atoms with Crippen molar-refractivity contribution in [3.8, 4) is 0 Å². The molecule has 0 unspecified atom stereocenters. The molecule has 1 aromatic rings. The second-order valence-corrected chi connectivity index (χ2v) is 5.23. The second-order valence-electron chi connectivity index (χ2n) is 5.23. The van der Waals surface area contributed by atoms with Crippen molar-refractivity contribution in [3.05, 3.63) is 30.3 Å². The summed E-state index contributed by atoms with van der Waals surface area (Å²) in [5.41, 5.74) is 1.20. The third-order valence-electron chi connectivity index (χ3n) is 3.65. The number of hydrogen-bond donors (Lipinski definition) is 1. The number of anilines is 1. The van der Waals surface area contributed by atoms with Crippen LogP contribution >= 0.6 is 0 Å². The highest BCUT2D eigenvalue weighted by atomic mass is 16.5. The van der Waals surface area contributed by atoms with Crippen molar-refractivity contribution in [1.82, 2.24) is 0 Å². The van der Waals surface area contributed by atoms with Gasteiger partial charge in [0.15, 0.2) is 0 Å². The van der Waals surface area contributed by atoms with E-state index in [-0.39, 0.29) is 0 Å². The van der Waals surface area contributed by atoms with Gasteiger partial charge in [-0.3, -0.25) is 0 Å². The molecule has 2 heteroatoms. The second kappa shape index (κ2) is 8.15. The monoisotopic (exact) mass is 247 g/mol. The Morgan fingerprint density at radius 1 is 1.06 bits per heavy atom. The fourth-order valence-corrected chi connectivity index (χ4v) is 2.57. The zero-order valence-corrected chi connectivity index (χ0v) is 11.2. The highest BCUT2D eigenvalue weighted by Gasteiger charge is 2.12. The first-order valence-corrected chi connectivity index (χ1v) is 7.32. The van der Waals surface area contributed by atoms with Gasteiger partial charge in [0.2, 0.25) is 0 Å². The summed E-state index contributed by atoms with van der Waals surface area (Å²) in [5.74, 6) is 0.834. The van der Waals surface area contributed by atoms with Crippen molar-refractivity contribution in [2.75, 3.05) is 25.1 Å². The largest absolute Gasteiger partial charge is 0.385 e. The first-order chi connectivity index (χ1) is 8.95. The van der Waals surface area contributed by atoms with Gasteiger partial charge < -0.3 is 10.1 Å². The molecule has 1 saturated carbocycles. The summed E-state index contributed by atoms with van der Waals surface area (Å²) in [4.78, 5) is 0. The molecule has 0 amide bonds. The molecule has 1 N–H and O–H groups in total. The summed E-state index contributed by atoms with van der Waals surface area (Å²) in [5, 5.41) is 3.40. The van der Waals surface area contributed by atoms with E-state index in [0.29, 0.717) is 0 Å². The van der Waals surface area contributed by atoms with E-state index < -0.39 is 0 Å². The lowest BCUT2D eigenvalue weighted by Crippen LogP contribution is -2.14. The van der Waals surface area contributed by atoms with Gasteiger partial charge in [0.1, 0.15) is 0 Å². The Morgan fingerprint density at radius 2 is 1.83 bits per heavy atom. The van der Waals surface area contributed by atoms with Crippen LogP contribution in [0, 0.1) is 5.92 Å². The van der Waals surface area contributed by atoms with Gasteiger partial charge in [-0.05, 0) is 37.3 Å². The topological polar surface area (TPSA) is 21.3 Å². The average Bonchev–Trinajstić information content (AvgIpc) is 2.45. The molecule has 0 aromatic heterocycles. The van der Waals surface area contributed by atoms with Gasteiger partial charge in [-0.1, -0.05) is 37.5 Å². The van der Waals surface area contributed by atoms with E-state index in [9.17, 15) is 0 Å². The van der Waals surface area contributed by atoms with E-state index in [1.54, 1.807) is 0 Å². The highest BCUT2D eigenvalue weighted by Crippen LogP contribution is 2.23. The average molecular weight is 247 g/mol. The normalized spacial score (nSPS) is 16.7. The molecule has 0 saturated heterocycles. The van der Waals surface area contributed by atoms with Gasteiger partial charge in [-0.15, -0.1) is 0 Å². The number of para-hydroxylation sites is 1. The summed E-state index contributed by atoms with van der Waals surface area (Å²) in [6.45, 7) is 2.86. The van der Waals surface area contributed by atoms with E-state index in [1.807, 2.05) is 6.07 Å². The molecule has 1 aliphatic rings. The van der Waals surface area contributed by atoms with Crippen LogP contribution in [0.15, 0.2) is 30.3 Å². The highest BCUT2D eigenvalue weighted by molar-refractivity contribution is 5.42. The van der Waals surface area contributed by atoms with Crippen LogP contribution in [0.2, 0.25) is 0 Å². The third-order valence-corrected chi connectivity index (χ3v) is 3.65. The van der Waals surface area contributed by atoms with Crippen LogP contribution in [0.25, 0.3) is 0 Å². The molecule has 100 valence electrons. The minimum atomic E-state index is 0.834. The van der Waals surface area contributed by atoms with Crippen molar-refractivity contribution in [3.63, 3.8) is 0 Å². The molecule has 1 aliphatic carbocycles. The maximum atomic E-state index is 5.77. The van der Waals surface area contributed by atoms with Crippen LogP contribution in [0.1, 0.15) is 38.5 Å². The molecular weight excluding hydrogens is 222 g/mol. The lowest BCUT2D eigenvalue weighted by atomic mass is 9.90. The maximum absolute atomic E-state index is 5.77. The number of hydrogen-bond acceptors (Lipinski definition) is 2. The predicted molar refractivity (Wildman–Crippen MR) is 76.9 cm³/mol. The number of rotatable bonds is 7. The summed E-state index contributed by atoms with van der Waals surface area (Å²) in [6, 6.07) is 10.4. The number of nitrogens with one attached hydrogen (secondary N) is 1. The van der Waals surface area contributed by atoms with Gasteiger partial charge in [-0.2, -0.15) is 0 Å². The van der Waals surface area contributed by atoms with Gasteiger partial charge in [0, 0.05) is 25.4 Å². The Hall–Kier alpha value is -1.02. The molecule has 0 aliphatic heterocycles. The summed E-state index contributed by atoms with van der Waals surface area (Å²) >= 11 is 0. The molecule has 2 nitrogen and oxygen atoms in total. The van der Waals surface area contributed by atoms with Crippen molar-refractivity contribution < 1.29 is 4.74 Å². The Kier molecular flexibility index (Phi) is 6.07. The van der Waals surface area contributed by atoms with Crippen molar-refractivity contribution in [2.45, 2.75) is 38.5 Å². The Morgan fingerprint density at radius 3 is 2.61 bits per heavy atom. The molecule has 2 rings (SSSR count). The molecule has 0 spiro atoms. The molecule has 1 aromatic carbocycles. The number of ether oxygens (including phenoxy) is 1. The van der Waals surface area contributed by atoms with Gasteiger partial charge in [0.05, 0.1) is 0 Å². The third kappa shape index (κ3) is 5.09. The Labute approximate surface area is 111 Å². The summed E-state index contributed by atoms with van der Waals surface area (Å²) in [6.07, 6.45) is 8.08.